The maximum absolute atomic E-state index is 6.14. The van der Waals surface area contributed by atoms with E-state index in [1.807, 2.05) is 24.3 Å². The second kappa shape index (κ2) is 8.02. The number of aliphatic imine (C=N–C) groups is 1. The van der Waals surface area contributed by atoms with Gasteiger partial charge in [-0.2, -0.15) is 0 Å². The van der Waals surface area contributed by atoms with Crippen LogP contribution >= 0.6 is 11.6 Å². The topological polar surface area (TPSA) is 54.9 Å². The Hall–Kier alpha value is -2.24. The summed E-state index contributed by atoms with van der Waals surface area (Å²) in [6.07, 6.45) is 3.07. The van der Waals surface area contributed by atoms with E-state index < -0.39 is 0 Å². The maximum Gasteiger partial charge on any atom is 0.162 e. The van der Waals surface area contributed by atoms with E-state index in [0.717, 1.165) is 66.0 Å². The molecule has 6 heteroatoms. The summed E-state index contributed by atoms with van der Waals surface area (Å²) in [5.41, 5.74) is 3.44. The quantitative estimate of drug-likeness (QED) is 0.805. The number of nitrogens with one attached hydrogen (secondary N) is 2. The Labute approximate surface area is 171 Å². The fourth-order valence-corrected chi connectivity index (χ4v) is 4.44. The highest BCUT2D eigenvalue weighted by Gasteiger charge is 2.41. The first kappa shape index (κ1) is 19.1. The van der Waals surface area contributed by atoms with Crippen LogP contribution in [0.5, 0.6) is 11.5 Å². The van der Waals surface area contributed by atoms with Gasteiger partial charge in [0.05, 0.1) is 20.8 Å². The third-order valence-corrected chi connectivity index (χ3v) is 6.00. The molecule has 1 saturated heterocycles. The van der Waals surface area contributed by atoms with Crippen LogP contribution in [0, 0.1) is 5.41 Å². The SMILES string of the molecule is COc1cc2c(cc1OC)NC(=NCc1cccc(Cl)c1)C1(CCNCC1)C2. The molecule has 2 aliphatic rings. The monoisotopic (exact) mass is 399 g/mol. The van der Waals surface area contributed by atoms with Crippen LogP contribution in [-0.2, 0) is 13.0 Å². The van der Waals surface area contributed by atoms with Crippen molar-refractivity contribution in [3.8, 4) is 11.5 Å². The molecule has 5 nitrogen and oxygen atoms in total. The molecule has 1 fully saturated rings. The molecule has 0 amide bonds. The lowest BCUT2D eigenvalue weighted by Crippen LogP contribution is -2.48. The summed E-state index contributed by atoms with van der Waals surface area (Å²) >= 11 is 6.14. The van der Waals surface area contributed by atoms with Crippen molar-refractivity contribution in [2.75, 3.05) is 32.6 Å². The molecule has 2 aromatic carbocycles. The molecule has 2 heterocycles. The molecule has 0 aliphatic carbocycles. The van der Waals surface area contributed by atoms with E-state index in [9.17, 15) is 0 Å². The van der Waals surface area contributed by atoms with Gasteiger partial charge >= 0.3 is 0 Å². The zero-order chi connectivity index (χ0) is 19.6. The molecule has 2 aliphatic heterocycles. The summed E-state index contributed by atoms with van der Waals surface area (Å²) in [6.45, 7) is 2.61. The van der Waals surface area contributed by atoms with Gasteiger partial charge < -0.3 is 20.1 Å². The number of nitrogens with zero attached hydrogens (tertiary/aromatic N) is 1. The number of amidine groups is 1. The predicted molar refractivity (Wildman–Crippen MR) is 114 cm³/mol. The summed E-state index contributed by atoms with van der Waals surface area (Å²) in [4.78, 5) is 5.02. The number of methoxy groups -OCH3 is 2. The van der Waals surface area contributed by atoms with E-state index in [4.69, 9.17) is 26.1 Å². The van der Waals surface area contributed by atoms with Gasteiger partial charge in [0, 0.05) is 22.2 Å². The highest BCUT2D eigenvalue weighted by atomic mass is 35.5. The Balaban J connectivity index is 1.70. The van der Waals surface area contributed by atoms with Crippen LogP contribution in [0.1, 0.15) is 24.0 Å². The molecule has 2 N–H and O–H groups in total. The molecule has 0 bridgehead atoms. The largest absolute Gasteiger partial charge is 0.493 e. The molecule has 0 aromatic heterocycles. The van der Waals surface area contributed by atoms with Crippen LogP contribution in [0.15, 0.2) is 41.4 Å². The third kappa shape index (κ3) is 3.69. The highest BCUT2D eigenvalue weighted by Crippen LogP contribution is 2.44. The lowest BCUT2D eigenvalue weighted by molar-refractivity contribution is 0.292. The molecule has 4 rings (SSSR count). The molecule has 2 aromatic rings. The Kier molecular flexibility index (Phi) is 5.47. The van der Waals surface area contributed by atoms with Crippen molar-refractivity contribution in [2.45, 2.75) is 25.8 Å². The van der Waals surface area contributed by atoms with Crippen molar-refractivity contribution in [3.05, 3.63) is 52.5 Å². The molecule has 28 heavy (non-hydrogen) atoms. The molecule has 148 valence electrons. The van der Waals surface area contributed by atoms with Crippen LogP contribution < -0.4 is 20.1 Å². The van der Waals surface area contributed by atoms with Gasteiger partial charge in [0.2, 0.25) is 0 Å². The minimum absolute atomic E-state index is 0.0242. The van der Waals surface area contributed by atoms with Crippen LogP contribution in [0.25, 0.3) is 0 Å². The van der Waals surface area contributed by atoms with Gasteiger partial charge in [0.15, 0.2) is 11.5 Å². The first-order valence-corrected chi connectivity index (χ1v) is 10.0. The Bertz CT molecular complexity index is 891. The summed E-state index contributed by atoms with van der Waals surface area (Å²) in [5, 5.41) is 7.84. The van der Waals surface area contributed by atoms with Crippen molar-refractivity contribution in [2.24, 2.45) is 10.4 Å². The number of benzene rings is 2. The van der Waals surface area contributed by atoms with Crippen molar-refractivity contribution in [3.63, 3.8) is 0 Å². The van der Waals surface area contributed by atoms with Gasteiger partial charge in [-0.15, -0.1) is 0 Å². The average Bonchev–Trinajstić information content (AvgIpc) is 2.72. The van der Waals surface area contributed by atoms with E-state index in [1.54, 1.807) is 14.2 Å². The highest BCUT2D eigenvalue weighted by molar-refractivity contribution is 6.30. The number of rotatable bonds is 4. The van der Waals surface area contributed by atoms with E-state index in [0.29, 0.717) is 6.54 Å². The predicted octanol–water partition coefficient (Wildman–Crippen LogP) is 4.29. The number of hydrogen-bond acceptors (Lipinski definition) is 4. The van der Waals surface area contributed by atoms with Crippen molar-refractivity contribution < 1.29 is 9.47 Å². The van der Waals surface area contributed by atoms with Gasteiger partial charge in [-0.25, -0.2) is 0 Å². The molecule has 0 radical (unpaired) electrons. The first-order valence-electron chi connectivity index (χ1n) is 9.65. The standard InChI is InChI=1S/C22H26ClN3O2/c1-27-19-11-16-13-22(6-8-24-9-7-22)21(26-18(16)12-20(19)28-2)25-14-15-4-3-5-17(23)10-15/h3-5,10-12,24H,6-9,13-14H2,1-2H3,(H,25,26). The number of fused-ring (bicyclic) bond motifs is 1. The fourth-order valence-electron chi connectivity index (χ4n) is 4.22. The maximum atomic E-state index is 6.14. The fraction of sp³-hybridized carbons (Fsp3) is 0.409. The minimum atomic E-state index is 0.0242. The van der Waals surface area contributed by atoms with Crippen LogP contribution in [0.4, 0.5) is 5.69 Å². The van der Waals surface area contributed by atoms with Gasteiger partial charge in [0.25, 0.3) is 0 Å². The summed E-state index contributed by atoms with van der Waals surface area (Å²) in [7, 11) is 3.34. The van der Waals surface area contributed by atoms with Gasteiger partial charge in [-0.3, -0.25) is 4.99 Å². The van der Waals surface area contributed by atoms with Gasteiger partial charge in [-0.05, 0) is 61.7 Å². The molecule has 0 atom stereocenters. The van der Waals surface area contributed by atoms with Crippen molar-refractivity contribution >= 4 is 23.1 Å². The summed E-state index contributed by atoms with van der Waals surface area (Å²) < 4.78 is 11.0. The Morgan fingerprint density at radius 1 is 1.07 bits per heavy atom. The number of ether oxygens (including phenoxy) is 2. The van der Waals surface area contributed by atoms with Crippen LogP contribution in [-0.4, -0.2) is 33.1 Å². The van der Waals surface area contributed by atoms with Crippen LogP contribution in [0.2, 0.25) is 5.02 Å². The van der Waals surface area contributed by atoms with Gasteiger partial charge in [0.1, 0.15) is 5.84 Å². The van der Waals surface area contributed by atoms with E-state index in [-0.39, 0.29) is 5.41 Å². The smallest absolute Gasteiger partial charge is 0.162 e. The lowest BCUT2D eigenvalue weighted by atomic mass is 9.70. The van der Waals surface area contributed by atoms with E-state index in [2.05, 4.69) is 22.8 Å². The van der Waals surface area contributed by atoms with E-state index >= 15 is 0 Å². The summed E-state index contributed by atoms with van der Waals surface area (Å²) in [5.74, 6) is 2.56. The van der Waals surface area contributed by atoms with E-state index in [1.165, 1.54) is 5.56 Å². The zero-order valence-corrected chi connectivity index (χ0v) is 17.1. The first-order chi connectivity index (χ1) is 13.6. The number of piperidine rings is 1. The van der Waals surface area contributed by atoms with Gasteiger partial charge in [-0.1, -0.05) is 23.7 Å². The van der Waals surface area contributed by atoms with Crippen molar-refractivity contribution in [1.82, 2.24) is 5.32 Å². The second-order valence-electron chi connectivity index (χ2n) is 7.49. The molecule has 0 saturated carbocycles. The molecular weight excluding hydrogens is 374 g/mol. The van der Waals surface area contributed by atoms with Crippen molar-refractivity contribution in [1.29, 1.82) is 0 Å². The average molecular weight is 400 g/mol. The molecular formula is C22H26ClN3O2. The van der Waals surface area contributed by atoms with Crippen LogP contribution in [0.3, 0.4) is 0 Å². The molecule has 0 unspecified atom stereocenters. The number of hydrogen-bond donors (Lipinski definition) is 2. The third-order valence-electron chi connectivity index (χ3n) is 5.76. The Morgan fingerprint density at radius 2 is 1.82 bits per heavy atom. The number of halogens is 1. The lowest BCUT2D eigenvalue weighted by Gasteiger charge is -2.43. The number of anilines is 1. The summed E-state index contributed by atoms with van der Waals surface area (Å²) in [6, 6.07) is 12.0. The minimum Gasteiger partial charge on any atom is -0.493 e. The Morgan fingerprint density at radius 3 is 2.54 bits per heavy atom. The normalized spacial score (nSPS) is 19.2. The second-order valence-corrected chi connectivity index (χ2v) is 7.93. The zero-order valence-electron chi connectivity index (χ0n) is 16.3. The molecule has 1 spiro atoms.